The standard InChI is InChI=1S/C11H13Cl3N4O4/c1-16-7-6(8(19)17(2)10(16)21)18(5-15-7)3-4-22-9(20)11(12,13)14/h5,9,20H,3-4H2,1-2H3/t9-/m0/s1. The second kappa shape index (κ2) is 6.21. The van der Waals surface area contributed by atoms with E-state index in [-0.39, 0.29) is 24.3 Å². The lowest BCUT2D eigenvalue weighted by atomic mass is 10.5. The topological polar surface area (TPSA) is 91.3 Å². The molecule has 8 nitrogen and oxygen atoms in total. The summed E-state index contributed by atoms with van der Waals surface area (Å²) in [5, 5.41) is 9.45. The highest BCUT2D eigenvalue weighted by atomic mass is 35.6. The number of hydrogen-bond donors (Lipinski definition) is 1. The van der Waals surface area contributed by atoms with Crippen LogP contribution in [0.5, 0.6) is 0 Å². The summed E-state index contributed by atoms with van der Waals surface area (Å²) in [6.07, 6.45) is -0.198. The Morgan fingerprint density at radius 1 is 1.32 bits per heavy atom. The highest BCUT2D eigenvalue weighted by molar-refractivity contribution is 6.67. The SMILES string of the molecule is Cn1c(=O)c2c(ncn2CCO[C@H](O)C(Cl)(Cl)Cl)n(C)c1=O. The molecule has 0 unspecified atom stereocenters. The Labute approximate surface area is 139 Å². The molecule has 0 amide bonds. The third-order valence-corrected chi connectivity index (χ3v) is 3.67. The van der Waals surface area contributed by atoms with Gasteiger partial charge in [-0.3, -0.25) is 13.9 Å². The number of alkyl halides is 3. The average Bonchev–Trinajstić information content (AvgIpc) is 2.85. The molecule has 0 aliphatic heterocycles. The Hall–Kier alpha value is -1.06. The number of hydrogen-bond acceptors (Lipinski definition) is 5. The van der Waals surface area contributed by atoms with Gasteiger partial charge in [-0.25, -0.2) is 9.78 Å². The predicted octanol–water partition coefficient (Wildman–Crippen LogP) is 0.139. The van der Waals surface area contributed by atoms with Gasteiger partial charge in [-0.15, -0.1) is 0 Å². The van der Waals surface area contributed by atoms with E-state index in [1.165, 1.54) is 29.6 Å². The monoisotopic (exact) mass is 370 g/mol. The first-order chi connectivity index (χ1) is 10.1. The van der Waals surface area contributed by atoms with Crippen molar-refractivity contribution < 1.29 is 9.84 Å². The summed E-state index contributed by atoms with van der Waals surface area (Å²) in [4.78, 5) is 28.0. The van der Waals surface area contributed by atoms with Crippen molar-refractivity contribution in [3.8, 4) is 0 Å². The van der Waals surface area contributed by atoms with Gasteiger partial charge in [0.05, 0.1) is 12.9 Å². The number of aliphatic hydroxyl groups is 1. The molecule has 2 rings (SSSR count). The van der Waals surface area contributed by atoms with E-state index >= 15 is 0 Å². The first-order valence-electron chi connectivity index (χ1n) is 6.12. The second-order valence-electron chi connectivity index (χ2n) is 4.58. The number of aliphatic hydroxyl groups excluding tert-OH is 1. The van der Waals surface area contributed by atoms with Gasteiger partial charge in [0, 0.05) is 20.6 Å². The van der Waals surface area contributed by atoms with E-state index in [1.807, 2.05) is 0 Å². The molecule has 0 saturated carbocycles. The summed E-state index contributed by atoms with van der Waals surface area (Å²) in [6.45, 7) is 0.161. The zero-order valence-electron chi connectivity index (χ0n) is 11.7. The van der Waals surface area contributed by atoms with Crippen LogP contribution in [-0.4, -0.2) is 40.5 Å². The lowest BCUT2D eigenvalue weighted by Gasteiger charge is -2.19. The minimum atomic E-state index is -1.96. The Morgan fingerprint density at radius 3 is 2.55 bits per heavy atom. The Bertz CT molecular complexity index is 804. The van der Waals surface area contributed by atoms with Crippen LogP contribution in [0.15, 0.2) is 15.9 Å². The van der Waals surface area contributed by atoms with Crippen LogP contribution in [0.4, 0.5) is 0 Å². The summed E-state index contributed by atoms with van der Waals surface area (Å²) in [7, 11) is 2.90. The molecule has 0 saturated heterocycles. The quantitative estimate of drug-likeness (QED) is 0.610. The highest BCUT2D eigenvalue weighted by Gasteiger charge is 2.31. The van der Waals surface area contributed by atoms with Crippen LogP contribution in [-0.2, 0) is 25.4 Å². The Balaban J connectivity index is 2.28. The van der Waals surface area contributed by atoms with Crippen molar-refractivity contribution in [2.24, 2.45) is 14.1 Å². The minimum absolute atomic E-state index is 0.0213. The highest BCUT2D eigenvalue weighted by Crippen LogP contribution is 2.30. The Kier molecular flexibility index (Phi) is 4.88. The summed E-state index contributed by atoms with van der Waals surface area (Å²) in [6, 6.07) is 0. The molecule has 11 heteroatoms. The van der Waals surface area contributed by atoms with Crippen LogP contribution in [0.3, 0.4) is 0 Å². The molecular weight excluding hydrogens is 359 g/mol. The van der Waals surface area contributed by atoms with Gasteiger partial charge in [-0.05, 0) is 0 Å². The first kappa shape index (κ1) is 17.3. The fraction of sp³-hybridized carbons (Fsp3) is 0.545. The van der Waals surface area contributed by atoms with Crippen LogP contribution in [0.25, 0.3) is 11.2 Å². The van der Waals surface area contributed by atoms with Gasteiger partial charge in [-0.2, -0.15) is 0 Å². The van der Waals surface area contributed by atoms with Crippen molar-refractivity contribution in [1.29, 1.82) is 0 Å². The van der Waals surface area contributed by atoms with Crippen LogP contribution in [0.1, 0.15) is 0 Å². The predicted molar refractivity (Wildman–Crippen MR) is 82.5 cm³/mol. The van der Waals surface area contributed by atoms with Crippen molar-refractivity contribution in [2.75, 3.05) is 6.61 Å². The molecule has 1 N–H and O–H groups in total. The van der Waals surface area contributed by atoms with E-state index in [2.05, 4.69) is 4.98 Å². The third kappa shape index (κ3) is 3.16. The molecule has 0 spiro atoms. The van der Waals surface area contributed by atoms with Crippen LogP contribution >= 0.6 is 34.8 Å². The van der Waals surface area contributed by atoms with Gasteiger partial charge in [-0.1, -0.05) is 34.8 Å². The van der Waals surface area contributed by atoms with Gasteiger partial charge >= 0.3 is 5.69 Å². The average molecular weight is 372 g/mol. The fourth-order valence-corrected chi connectivity index (χ4v) is 2.11. The molecule has 0 fully saturated rings. The molecular formula is C11H13Cl3N4O4. The van der Waals surface area contributed by atoms with Crippen molar-refractivity contribution in [2.45, 2.75) is 16.6 Å². The smallest absolute Gasteiger partial charge is 0.332 e. The van der Waals surface area contributed by atoms with E-state index in [0.29, 0.717) is 0 Å². The van der Waals surface area contributed by atoms with Crippen molar-refractivity contribution in [1.82, 2.24) is 18.7 Å². The van der Waals surface area contributed by atoms with Crippen LogP contribution < -0.4 is 11.2 Å². The van der Waals surface area contributed by atoms with Gasteiger partial charge in [0.15, 0.2) is 11.2 Å². The maximum Gasteiger partial charge on any atom is 0.332 e. The minimum Gasteiger partial charge on any atom is -0.365 e. The van der Waals surface area contributed by atoms with E-state index in [1.54, 1.807) is 0 Å². The summed E-state index contributed by atoms with van der Waals surface area (Å²) < 4.78 is 6.78. The van der Waals surface area contributed by atoms with E-state index < -0.39 is 21.3 Å². The molecule has 0 radical (unpaired) electrons. The van der Waals surface area contributed by atoms with E-state index in [4.69, 9.17) is 39.5 Å². The van der Waals surface area contributed by atoms with Gasteiger partial charge < -0.3 is 14.4 Å². The largest absolute Gasteiger partial charge is 0.365 e. The molecule has 122 valence electrons. The second-order valence-corrected chi connectivity index (χ2v) is 6.95. The number of aryl methyl sites for hydroxylation is 1. The summed E-state index contributed by atoms with van der Waals surface area (Å²) >= 11 is 16.4. The third-order valence-electron chi connectivity index (χ3n) is 3.11. The van der Waals surface area contributed by atoms with Crippen LogP contribution in [0, 0.1) is 0 Å². The van der Waals surface area contributed by atoms with Gasteiger partial charge in [0.2, 0.25) is 10.1 Å². The maximum atomic E-state index is 12.2. The number of nitrogens with zero attached hydrogens (tertiary/aromatic N) is 4. The maximum absolute atomic E-state index is 12.2. The molecule has 0 bridgehead atoms. The first-order valence-corrected chi connectivity index (χ1v) is 7.25. The molecule has 2 heterocycles. The molecule has 22 heavy (non-hydrogen) atoms. The number of fused-ring (bicyclic) bond motifs is 1. The lowest BCUT2D eigenvalue weighted by Crippen LogP contribution is -2.37. The fourth-order valence-electron chi connectivity index (χ4n) is 1.92. The molecule has 0 aliphatic rings. The molecule has 0 aromatic carbocycles. The normalized spacial score (nSPS) is 13.7. The van der Waals surface area contributed by atoms with Crippen molar-refractivity contribution in [3.05, 3.63) is 27.2 Å². The van der Waals surface area contributed by atoms with Gasteiger partial charge in [0.25, 0.3) is 5.56 Å². The number of halogens is 3. The zero-order chi connectivity index (χ0) is 16.7. The number of aromatic nitrogens is 4. The van der Waals surface area contributed by atoms with Crippen molar-refractivity contribution >= 4 is 46.0 Å². The van der Waals surface area contributed by atoms with Crippen LogP contribution in [0.2, 0.25) is 0 Å². The summed E-state index contributed by atoms with van der Waals surface area (Å²) in [5.74, 6) is 0. The summed E-state index contributed by atoms with van der Waals surface area (Å²) in [5.41, 5.74) is -0.435. The zero-order valence-corrected chi connectivity index (χ0v) is 13.9. The van der Waals surface area contributed by atoms with Gasteiger partial charge in [0.1, 0.15) is 0 Å². The number of rotatable bonds is 4. The lowest BCUT2D eigenvalue weighted by molar-refractivity contribution is -0.0971. The molecule has 2 aromatic heterocycles. The molecule has 2 aromatic rings. The van der Waals surface area contributed by atoms with E-state index in [0.717, 1.165) is 4.57 Å². The van der Waals surface area contributed by atoms with Crippen molar-refractivity contribution in [3.63, 3.8) is 0 Å². The number of ether oxygens (including phenoxy) is 1. The van der Waals surface area contributed by atoms with E-state index in [9.17, 15) is 14.7 Å². The molecule has 0 aliphatic carbocycles. The Morgan fingerprint density at radius 2 is 1.95 bits per heavy atom. The number of imidazole rings is 1. The molecule has 1 atom stereocenters.